The van der Waals surface area contributed by atoms with Gasteiger partial charge in [-0.25, -0.2) is 18.4 Å². The van der Waals surface area contributed by atoms with Crippen molar-refractivity contribution in [2.45, 2.75) is 31.5 Å². The zero-order valence-electron chi connectivity index (χ0n) is 17.1. The first kappa shape index (κ1) is 21.6. The number of ether oxygens (including phenoxy) is 1. The van der Waals surface area contributed by atoms with Crippen molar-refractivity contribution >= 4 is 12.1 Å². The first-order chi connectivity index (χ1) is 15.3. The molecule has 4 rings (SSSR count). The fourth-order valence-corrected chi connectivity index (χ4v) is 4.08. The quantitative estimate of drug-likeness (QED) is 0.759. The summed E-state index contributed by atoms with van der Waals surface area (Å²) < 4.78 is 34.1. The summed E-state index contributed by atoms with van der Waals surface area (Å²) in [7, 11) is 0. The fraction of sp³-hybridized carbons (Fsp3) is 0.364. The van der Waals surface area contributed by atoms with Crippen LogP contribution < -0.4 is 0 Å². The van der Waals surface area contributed by atoms with E-state index in [-0.39, 0.29) is 29.8 Å². The molecular formula is C22H20F2N4O4. The highest BCUT2D eigenvalue weighted by atomic mass is 19.1. The summed E-state index contributed by atoms with van der Waals surface area (Å²) in [6.07, 6.45) is 1.81. The lowest BCUT2D eigenvalue weighted by Gasteiger charge is -2.37. The number of aromatic carboxylic acids is 1. The number of aromatic nitrogens is 1. The largest absolute Gasteiger partial charge is 0.478 e. The second-order valence-corrected chi connectivity index (χ2v) is 8.06. The maximum Gasteiger partial charge on any atom is 0.410 e. The molecular weight excluding hydrogens is 422 g/mol. The van der Waals surface area contributed by atoms with Crippen LogP contribution >= 0.6 is 0 Å². The molecule has 2 aromatic rings. The van der Waals surface area contributed by atoms with Gasteiger partial charge in [0, 0.05) is 44.2 Å². The van der Waals surface area contributed by atoms with Crippen molar-refractivity contribution in [3.63, 3.8) is 0 Å². The zero-order valence-corrected chi connectivity index (χ0v) is 17.1. The van der Waals surface area contributed by atoms with Crippen LogP contribution in [0.4, 0.5) is 13.6 Å². The van der Waals surface area contributed by atoms with Crippen LogP contribution in [-0.4, -0.2) is 57.2 Å². The third-order valence-electron chi connectivity index (χ3n) is 5.88. The van der Waals surface area contributed by atoms with Crippen molar-refractivity contribution in [1.29, 1.82) is 5.26 Å². The van der Waals surface area contributed by atoms with Crippen molar-refractivity contribution in [1.82, 2.24) is 14.8 Å². The van der Waals surface area contributed by atoms with E-state index in [0.29, 0.717) is 38.2 Å². The Morgan fingerprint density at radius 3 is 2.47 bits per heavy atom. The number of hydrogen-bond acceptors (Lipinski definition) is 6. The minimum absolute atomic E-state index is 0.0635. The highest BCUT2D eigenvalue weighted by Gasteiger charge is 2.47. The molecule has 3 heterocycles. The van der Waals surface area contributed by atoms with E-state index in [9.17, 15) is 18.4 Å². The number of carboxylic acids is 1. The molecule has 1 N–H and O–H groups in total. The van der Waals surface area contributed by atoms with Gasteiger partial charge in [-0.05, 0) is 24.3 Å². The van der Waals surface area contributed by atoms with Crippen LogP contribution in [0.15, 0.2) is 30.5 Å². The van der Waals surface area contributed by atoms with Gasteiger partial charge in [0.15, 0.2) is 0 Å². The monoisotopic (exact) mass is 442 g/mol. The minimum atomic E-state index is -1.07. The van der Waals surface area contributed by atoms with Crippen molar-refractivity contribution in [3.05, 3.63) is 64.5 Å². The van der Waals surface area contributed by atoms with Gasteiger partial charge in [0.1, 0.15) is 17.2 Å². The van der Waals surface area contributed by atoms with Gasteiger partial charge in [0.2, 0.25) is 0 Å². The predicted octanol–water partition coefficient (Wildman–Crippen LogP) is 2.92. The molecule has 10 heteroatoms. The Bertz CT molecular complexity index is 1070. The molecule has 0 atom stereocenters. The van der Waals surface area contributed by atoms with Crippen LogP contribution in [-0.2, 0) is 17.8 Å². The number of likely N-dealkylation sites (tertiary alicyclic amines) is 1. The summed E-state index contributed by atoms with van der Waals surface area (Å²) in [6, 6.07) is 6.77. The molecule has 1 amide bonds. The highest BCUT2D eigenvalue weighted by Crippen LogP contribution is 2.34. The lowest BCUT2D eigenvalue weighted by molar-refractivity contribution is -0.00165. The Kier molecular flexibility index (Phi) is 5.76. The number of nitriles is 1. The first-order valence-electron chi connectivity index (χ1n) is 10.1. The van der Waals surface area contributed by atoms with E-state index >= 15 is 0 Å². The smallest absolute Gasteiger partial charge is 0.410 e. The lowest BCUT2D eigenvalue weighted by atomic mass is 9.91. The number of hydrogen-bond donors (Lipinski definition) is 1. The molecule has 0 unspecified atom stereocenters. The second-order valence-electron chi connectivity index (χ2n) is 8.06. The molecule has 0 radical (unpaired) electrons. The van der Waals surface area contributed by atoms with E-state index in [2.05, 4.69) is 4.98 Å². The molecule has 1 aromatic carbocycles. The van der Waals surface area contributed by atoms with Crippen molar-refractivity contribution in [3.8, 4) is 6.07 Å². The number of halogens is 2. The Balaban J connectivity index is 1.36. The Labute approximate surface area is 182 Å². The van der Waals surface area contributed by atoms with Gasteiger partial charge in [0.25, 0.3) is 0 Å². The summed E-state index contributed by atoms with van der Waals surface area (Å²) in [4.78, 5) is 30.8. The first-order valence-corrected chi connectivity index (χ1v) is 10.1. The summed E-state index contributed by atoms with van der Waals surface area (Å²) >= 11 is 0. The number of piperidine rings is 1. The van der Waals surface area contributed by atoms with Gasteiger partial charge in [-0.3, -0.25) is 14.8 Å². The molecule has 1 spiro atoms. The second kappa shape index (κ2) is 8.51. The minimum Gasteiger partial charge on any atom is -0.478 e. The van der Waals surface area contributed by atoms with E-state index in [1.807, 2.05) is 4.90 Å². The Morgan fingerprint density at radius 2 is 1.91 bits per heavy atom. The van der Waals surface area contributed by atoms with Gasteiger partial charge in [0.05, 0.1) is 36.0 Å². The molecule has 2 aliphatic heterocycles. The Morgan fingerprint density at radius 1 is 1.22 bits per heavy atom. The SMILES string of the molecule is N#Cc1cc(F)c(CN2CCC3(CC2)CN(Cc2ccc(C(=O)O)cn2)C(=O)O3)c(F)c1. The Hall–Kier alpha value is -3.58. The van der Waals surface area contributed by atoms with Crippen molar-refractivity contribution < 1.29 is 28.2 Å². The maximum absolute atomic E-state index is 14.2. The zero-order chi connectivity index (χ0) is 22.9. The van der Waals surface area contributed by atoms with Gasteiger partial charge in [-0.15, -0.1) is 0 Å². The molecule has 166 valence electrons. The average molecular weight is 442 g/mol. The number of carbonyl (C=O) groups is 2. The molecule has 2 fully saturated rings. The molecule has 32 heavy (non-hydrogen) atoms. The summed E-state index contributed by atoms with van der Waals surface area (Å²) in [6.45, 7) is 1.61. The third-order valence-corrected chi connectivity index (χ3v) is 5.88. The van der Waals surface area contributed by atoms with E-state index in [1.54, 1.807) is 12.1 Å². The molecule has 2 saturated heterocycles. The highest BCUT2D eigenvalue weighted by molar-refractivity contribution is 5.87. The summed E-state index contributed by atoms with van der Waals surface area (Å²) in [5.74, 6) is -2.57. The number of pyridine rings is 1. The van der Waals surface area contributed by atoms with E-state index in [0.717, 1.165) is 12.1 Å². The van der Waals surface area contributed by atoms with Crippen LogP contribution in [0.25, 0.3) is 0 Å². The van der Waals surface area contributed by atoms with Crippen LogP contribution in [0.1, 0.15) is 40.0 Å². The van der Waals surface area contributed by atoms with Crippen molar-refractivity contribution in [2.75, 3.05) is 19.6 Å². The summed E-state index contributed by atoms with van der Waals surface area (Å²) in [5, 5.41) is 17.8. The van der Waals surface area contributed by atoms with E-state index in [1.165, 1.54) is 17.2 Å². The maximum atomic E-state index is 14.2. The number of carbonyl (C=O) groups excluding carboxylic acids is 1. The van der Waals surface area contributed by atoms with Crippen LogP contribution in [0.3, 0.4) is 0 Å². The fourth-order valence-electron chi connectivity index (χ4n) is 4.08. The molecule has 0 aliphatic carbocycles. The van der Waals surface area contributed by atoms with Gasteiger partial charge in [-0.2, -0.15) is 5.26 Å². The lowest BCUT2D eigenvalue weighted by Crippen LogP contribution is -2.46. The van der Waals surface area contributed by atoms with Crippen LogP contribution in [0.5, 0.6) is 0 Å². The topological polar surface area (TPSA) is 107 Å². The summed E-state index contributed by atoms with van der Waals surface area (Å²) in [5.41, 5.74) is -0.201. The number of nitrogens with zero attached hydrogens (tertiary/aromatic N) is 4. The van der Waals surface area contributed by atoms with Gasteiger partial charge < -0.3 is 9.84 Å². The number of amides is 1. The van der Waals surface area contributed by atoms with E-state index in [4.69, 9.17) is 15.1 Å². The molecule has 0 bridgehead atoms. The average Bonchev–Trinajstić information content (AvgIpc) is 3.06. The van der Waals surface area contributed by atoms with Crippen LogP contribution in [0, 0.1) is 23.0 Å². The standard InChI is InChI=1S/C22H20F2N4O4/c23-18-7-14(9-25)8-19(24)17(18)12-27-5-3-22(4-6-27)13-28(21(31)32-22)11-16-2-1-15(10-26-16)20(29)30/h1-2,7-8,10H,3-6,11-13H2,(H,29,30). The molecule has 0 saturated carbocycles. The molecule has 2 aliphatic rings. The number of carboxylic acid groups (broad SMARTS) is 1. The van der Waals surface area contributed by atoms with E-state index < -0.39 is 29.3 Å². The van der Waals surface area contributed by atoms with Crippen molar-refractivity contribution in [2.24, 2.45) is 0 Å². The third kappa shape index (κ3) is 4.38. The van der Waals surface area contributed by atoms with Gasteiger partial charge in [-0.1, -0.05) is 0 Å². The molecule has 8 nitrogen and oxygen atoms in total. The number of benzene rings is 1. The number of rotatable bonds is 5. The normalized spacial score (nSPS) is 17.9. The molecule has 1 aromatic heterocycles. The van der Waals surface area contributed by atoms with Crippen LogP contribution in [0.2, 0.25) is 0 Å². The van der Waals surface area contributed by atoms with Gasteiger partial charge >= 0.3 is 12.1 Å². The predicted molar refractivity (Wildman–Crippen MR) is 106 cm³/mol.